The van der Waals surface area contributed by atoms with Crippen molar-refractivity contribution in [3.63, 3.8) is 0 Å². The number of hydrogen-bond donors (Lipinski definition) is 2. The summed E-state index contributed by atoms with van der Waals surface area (Å²) in [4.78, 5) is 65.6. The van der Waals surface area contributed by atoms with E-state index in [1.165, 1.54) is 12.1 Å². The van der Waals surface area contributed by atoms with Gasteiger partial charge in [-0.2, -0.15) is 0 Å². The maximum atomic E-state index is 14.0. The van der Waals surface area contributed by atoms with Gasteiger partial charge in [0.25, 0.3) is 11.8 Å². The van der Waals surface area contributed by atoms with E-state index in [0.717, 1.165) is 16.7 Å². The second kappa shape index (κ2) is 17.0. The first-order valence-electron chi connectivity index (χ1n) is 19.1. The van der Waals surface area contributed by atoms with E-state index < -0.39 is 23.6 Å². The van der Waals surface area contributed by atoms with Crippen LogP contribution in [-0.4, -0.2) is 71.6 Å². The minimum atomic E-state index is -1.03. The van der Waals surface area contributed by atoms with Crippen LogP contribution in [0.15, 0.2) is 109 Å². The van der Waals surface area contributed by atoms with Crippen LogP contribution in [0, 0.1) is 0 Å². The SMILES string of the molecule is CCOc1cc(C(=O)N2CCC3(CC2)CC(=O)c2cc(-c4ccc(C(=O)NC(=O)OCc5ccccc5)cc4)ccc2O3)cc(OCC)c1-c1ccc(C(=O)O)cc1. The van der Waals surface area contributed by atoms with Crippen LogP contribution in [0.2, 0.25) is 0 Å². The highest BCUT2D eigenvalue weighted by molar-refractivity contribution is 6.04. The number of nitrogens with zero attached hydrogens (tertiary/aromatic N) is 1. The molecule has 0 aromatic heterocycles. The Labute approximate surface area is 335 Å². The summed E-state index contributed by atoms with van der Waals surface area (Å²) in [7, 11) is 0. The number of imide groups is 1. The molecule has 1 spiro atoms. The van der Waals surface area contributed by atoms with Gasteiger partial charge in [-0.15, -0.1) is 0 Å². The number of ether oxygens (including phenoxy) is 4. The first-order chi connectivity index (χ1) is 28.1. The molecule has 296 valence electrons. The molecule has 2 heterocycles. The van der Waals surface area contributed by atoms with E-state index in [1.807, 2.05) is 50.2 Å². The molecule has 0 aliphatic carbocycles. The van der Waals surface area contributed by atoms with Crippen LogP contribution >= 0.6 is 0 Å². The van der Waals surface area contributed by atoms with Gasteiger partial charge in [0.2, 0.25) is 0 Å². The van der Waals surface area contributed by atoms with E-state index in [0.29, 0.717) is 78.6 Å². The van der Waals surface area contributed by atoms with Crippen LogP contribution in [0.1, 0.15) is 80.1 Å². The Morgan fingerprint density at radius 2 is 1.34 bits per heavy atom. The highest BCUT2D eigenvalue weighted by atomic mass is 16.5. The number of piperidine rings is 1. The number of benzene rings is 5. The molecule has 0 saturated carbocycles. The Kier molecular flexibility index (Phi) is 11.5. The number of alkyl carbamates (subject to hydrolysis) is 1. The molecule has 2 N–H and O–H groups in total. The monoisotopic (exact) mass is 782 g/mol. The van der Waals surface area contributed by atoms with Gasteiger partial charge in [0.15, 0.2) is 5.78 Å². The van der Waals surface area contributed by atoms with Crippen LogP contribution in [0.3, 0.4) is 0 Å². The predicted octanol–water partition coefficient (Wildman–Crippen LogP) is 8.22. The molecular weight excluding hydrogens is 741 g/mol. The minimum Gasteiger partial charge on any atom is -0.493 e. The smallest absolute Gasteiger partial charge is 0.414 e. The Morgan fingerprint density at radius 1 is 0.741 bits per heavy atom. The summed E-state index contributed by atoms with van der Waals surface area (Å²) >= 11 is 0. The number of rotatable bonds is 11. The lowest BCUT2D eigenvalue weighted by atomic mass is 9.82. The van der Waals surface area contributed by atoms with Gasteiger partial charge in [-0.05, 0) is 84.6 Å². The second-order valence-corrected chi connectivity index (χ2v) is 14.1. The van der Waals surface area contributed by atoms with Crippen LogP contribution < -0.4 is 19.5 Å². The third-order valence-electron chi connectivity index (χ3n) is 10.3. The van der Waals surface area contributed by atoms with Crippen LogP contribution in [0.25, 0.3) is 22.3 Å². The number of hydrogen-bond acceptors (Lipinski definition) is 9. The summed E-state index contributed by atoms with van der Waals surface area (Å²) < 4.78 is 23.7. The van der Waals surface area contributed by atoms with Crippen LogP contribution in [-0.2, 0) is 11.3 Å². The number of Topliss-reactive ketones (excluding diaryl/α,β-unsaturated/α-hetero) is 1. The molecule has 1 saturated heterocycles. The third-order valence-corrected chi connectivity index (χ3v) is 10.3. The zero-order valence-corrected chi connectivity index (χ0v) is 32.1. The fourth-order valence-electron chi connectivity index (χ4n) is 7.31. The lowest BCUT2D eigenvalue weighted by Crippen LogP contribution is -2.52. The first-order valence-corrected chi connectivity index (χ1v) is 19.1. The molecule has 2 aliphatic heterocycles. The van der Waals surface area contributed by atoms with Crippen molar-refractivity contribution in [3.05, 3.63) is 137 Å². The zero-order chi connectivity index (χ0) is 40.8. The molecule has 2 aliphatic rings. The number of ketones is 1. The number of carboxylic acids is 1. The summed E-state index contributed by atoms with van der Waals surface area (Å²) in [6.07, 6.45) is 0.242. The van der Waals surface area contributed by atoms with Crippen molar-refractivity contribution >= 4 is 29.7 Å². The van der Waals surface area contributed by atoms with Gasteiger partial charge in [0.05, 0.1) is 36.3 Å². The molecule has 0 radical (unpaired) electrons. The molecule has 0 atom stereocenters. The number of fused-ring (bicyclic) bond motifs is 1. The second-order valence-electron chi connectivity index (χ2n) is 14.1. The minimum absolute atomic E-state index is 0.0398. The van der Waals surface area contributed by atoms with Crippen molar-refractivity contribution in [2.24, 2.45) is 0 Å². The Balaban J connectivity index is 0.998. The van der Waals surface area contributed by atoms with Crippen molar-refractivity contribution < 1.29 is 48.0 Å². The van der Waals surface area contributed by atoms with Crippen LogP contribution in [0.5, 0.6) is 17.2 Å². The van der Waals surface area contributed by atoms with Crippen molar-refractivity contribution in [2.45, 2.75) is 45.3 Å². The average Bonchev–Trinajstić information content (AvgIpc) is 3.23. The zero-order valence-electron chi connectivity index (χ0n) is 32.1. The first kappa shape index (κ1) is 39.3. The van der Waals surface area contributed by atoms with E-state index in [-0.39, 0.29) is 35.8 Å². The molecule has 3 amide bonds. The van der Waals surface area contributed by atoms with E-state index in [4.69, 9.17) is 18.9 Å². The normalized spacial score (nSPS) is 14.2. The van der Waals surface area contributed by atoms with Crippen molar-refractivity contribution in [1.82, 2.24) is 10.2 Å². The molecule has 0 bridgehead atoms. The number of carbonyl (C=O) groups excluding carboxylic acids is 4. The molecule has 5 aromatic rings. The third kappa shape index (κ3) is 8.56. The van der Waals surface area contributed by atoms with Gasteiger partial charge in [-0.3, -0.25) is 19.7 Å². The molecule has 12 nitrogen and oxygen atoms in total. The summed E-state index contributed by atoms with van der Waals surface area (Å²) in [5.41, 5.74) is 4.20. The standard InChI is InChI=1S/C46H42N2O10/c1-3-55-39-25-35(26-40(56-4-2)41(39)31-12-16-33(17-13-31)44(52)53)43(51)48-22-20-46(21-23-48)27-37(49)36-24-34(18-19-38(36)58-46)30-10-14-32(15-11-30)42(50)47-45(54)57-28-29-8-6-5-7-9-29/h5-19,24-26H,3-4,20-23,27-28H2,1-2H3,(H,52,53)(H,47,50,54). The highest BCUT2D eigenvalue weighted by Gasteiger charge is 2.44. The van der Waals surface area contributed by atoms with Gasteiger partial charge in [0.1, 0.15) is 29.5 Å². The van der Waals surface area contributed by atoms with E-state index >= 15 is 0 Å². The molecule has 7 rings (SSSR count). The largest absolute Gasteiger partial charge is 0.493 e. The lowest BCUT2D eigenvalue weighted by Gasteiger charge is -2.44. The predicted molar refractivity (Wildman–Crippen MR) is 215 cm³/mol. The summed E-state index contributed by atoms with van der Waals surface area (Å²) in [6, 6.07) is 31.1. The number of likely N-dealkylation sites (tertiary alicyclic amines) is 1. The van der Waals surface area contributed by atoms with E-state index in [9.17, 15) is 29.1 Å². The summed E-state index contributed by atoms with van der Waals surface area (Å²) in [5.74, 6) is -0.502. The number of aromatic carboxylic acids is 1. The topological polar surface area (TPSA) is 158 Å². The molecule has 12 heteroatoms. The van der Waals surface area contributed by atoms with Crippen molar-refractivity contribution in [1.29, 1.82) is 0 Å². The highest BCUT2D eigenvalue weighted by Crippen LogP contribution is 2.43. The number of nitrogens with one attached hydrogen (secondary N) is 1. The lowest BCUT2D eigenvalue weighted by molar-refractivity contribution is -0.00575. The van der Waals surface area contributed by atoms with Gasteiger partial charge < -0.3 is 29.0 Å². The Morgan fingerprint density at radius 3 is 1.97 bits per heavy atom. The molecule has 0 unspecified atom stereocenters. The summed E-state index contributed by atoms with van der Waals surface area (Å²) in [6.45, 7) is 5.15. The van der Waals surface area contributed by atoms with E-state index in [1.54, 1.807) is 65.6 Å². The fourth-order valence-corrected chi connectivity index (χ4v) is 7.31. The van der Waals surface area contributed by atoms with Gasteiger partial charge in [0, 0.05) is 37.1 Å². The molecule has 5 aromatic carbocycles. The number of carboxylic acid groups (broad SMARTS) is 1. The van der Waals surface area contributed by atoms with Crippen LogP contribution in [0.4, 0.5) is 4.79 Å². The maximum absolute atomic E-state index is 14.0. The average molecular weight is 783 g/mol. The van der Waals surface area contributed by atoms with Crippen molar-refractivity contribution in [3.8, 4) is 39.5 Å². The summed E-state index contributed by atoms with van der Waals surface area (Å²) in [5, 5.41) is 11.6. The maximum Gasteiger partial charge on any atom is 0.414 e. The fraction of sp³-hybridized carbons (Fsp3) is 0.239. The van der Waals surface area contributed by atoms with Gasteiger partial charge in [-0.25, -0.2) is 9.59 Å². The Bertz CT molecular complexity index is 2320. The molecule has 1 fully saturated rings. The molecule has 58 heavy (non-hydrogen) atoms. The number of amides is 3. The van der Waals surface area contributed by atoms with Gasteiger partial charge in [-0.1, -0.05) is 60.7 Å². The Hall–Kier alpha value is -6.95. The quantitative estimate of drug-likeness (QED) is 0.134. The van der Waals surface area contributed by atoms with Gasteiger partial charge >= 0.3 is 12.1 Å². The number of carbonyl (C=O) groups is 5. The van der Waals surface area contributed by atoms with Crippen molar-refractivity contribution in [2.75, 3.05) is 26.3 Å². The van der Waals surface area contributed by atoms with E-state index in [2.05, 4.69) is 5.32 Å². The molecular formula is C46H42N2O10.